The summed E-state index contributed by atoms with van der Waals surface area (Å²) >= 11 is 0. The van der Waals surface area contributed by atoms with E-state index >= 15 is 0 Å². The van der Waals surface area contributed by atoms with Crippen molar-refractivity contribution in [1.82, 2.24) is 4.90 Å². The second kappa shape index (κ2) is 6.89. The van der Waals surface area contributed by atoms with E-state index in [9.17, 15) is 9.59 Å². The maximum Gasteiger partial charge on any atom is 0.337 e. The first-order valence-corrected chi connectivity index (χ1v) is 5.90. The van der Waals surface area contributed by atoms with Crippen molar-refractivity contribution in [1.29, 1.82) is 0 Å². The van der Waals surface area contributed by atoms with Crippen LogP contribution in [0, 0.1) is 0 Å². The molecule has 104 valence electrons. The molecule has 0 saturated carbocycles. The maximum atomic E-state index is 11.8. The molecule has 1 rings (SSSR count). The Balaban J connectivity index is 2.97. The van der Waals surface area contributed by atoms with Crippen LogP contribution in [-0.4, -0.2) is 51.7 Å². The van der Waals surface area contributed by atoms with E-state index in [1.54, 1.807) is 24.3 Å². The van der Waals surface area contributed by atoms with Gasteiger partial charge in [0.15, 0.2) is 0 Å². The Bertz CT molecular complexity index is 439. The summed E-state index contributed by atoms with van der Waals surface area (Å²) in [5, 5.41) is 0. The first kappa shape index (κ1) is 15.2. The Hall–Kier alpha value is -1.88. The molecule has 1 aromatic carbocycles. The van der Waals surface area contributed by atoms with Gasteiger partial charge in [-0.05, 0) is 31.8 Å². The van der Waals surface area contributed by atoms with E-state index in [0.717, 1.165) is 5.56 Å². The Morgan fingerprint density at radius 2 is 1.68 bits per heavy atom. The number of esters is 2. The fourth-order valence-corrected chi connectivity index (χ4v) is 1.79. The van der Waals surface area contributed by atoms with Crippen LogP contribution < -0.4 is 0 Å². The highest BCUT2D eigenvalue weighted by Gasteiger charge is 2.22. The minimum Gasteiger partial charge on any atom is -0.469 e. The summed E-state index contributed by atoms with van der Waals surface area (Å²) in [5.74, 6) is -1.06. The van der Waals surface area contributed by atoms with Gasteiger partial charge in [0, 0.05) is 6.54 Å². The van der Waals surface area contributed by atoms with Crippen molar-refractivity contribution < 1.29 is 19.1 Å². The van der Waals surface area contributed by atoms with Crippen molar-refractivity contribution in [2.45, 2.75) is 5.92 Å². The molecule has 0 aromatic heterocycles. The number of likely N-dealkylation sites (N-methyl/N-ethyl adjacent to an activating group) is 1. The van der Waals surface area contributed by atoms with E-state index in [2.05, 4.69) is 4.74 Å². The van der Waals surface area contributed by atoms with Crippen molar-refractivity contribution in [2.75, 3.05) is 34.9 Å². The average molecular weight is 265 g/mol. The highest BCUT2D eigenvalue weighted by molar-refractivity contribution is 5.89. The topological polar surface area (TPSA) is 55.8 Å². The lowest BCUT2D eigenvalue weighted by molar-refractivity contribution is -0.142. The summed E-state index contributed by atoms with van der Waals surface area (Å²) in [5.41, 5.74) is 1.27. The number of carbonyl (C=O) groups excluding carboxylic acids is 2. The van der Waals surface area contributed by atoms with Gasteiger partial charge in [0.2, 0.25) is 0 Å². The number of hydrogen-bond donors (Lipinski definition) is 0. The van der Waals surface area contributed by atoms with E-state index < -0.39 is 5.97 Å². The molecular formula is C14H19NO4. The minimum absolute atomic E-state index is 0.292. The molecule has 1 unspecified atom stereocenters. The third kappa shape index (κ3) is 4.06. The van der Waals surface area contributed by atoms with Crippen LogP contribution in [0.15, 0.2) is 24.3 Å². The van der Waals surface area contributed by atoms with Crippen LogP contribution in [0.2, 0.25) is 0 Å². The predicted molar refractivity (Wildman–Crippen MR) is 71.1 cm³/mol. The van der Waals surface area contributed by atoms with Gasteiger partial charge in [0.05, 0.1) is 25.7 Å². The number of ether oxygens (including phenoxy) is 2. The molecule has 0 radical (unpaired) electrons. The predicted octanol–water partition coefficient (Wildman–Crippen LogP) is 1.29. The summed E-state index contributed by atoms with van der Waals surface area (Å²) in [6.45, 7) is 0.546. The first-order valence-electron chi connectivity index (χ1n) is 5.90. The lowest BCUT2D eigenvalue weighted by atomic mass is 9.97. The zero-order valence-electron chi connectivity index (χ0n) is 11.7. The van der Waals surface area contributed by atoms with Gasteiger partial charge in [-0.15, -0.1) is 0 Å². The molecule has 1 atom stereocenters. The fraction of sp³-hybridized carbons (Fsp3) is 0.429. The zero-order valence-corrected chi connectivity index (χ0v) is 11.7. The number of nitrogens with zero attached hydrogens (tertiary/aromatic N) is 1. The second-order valence-corrected chi connectivity index (χ2v) is 4.45. The smallest absolute Gasteiger partial charge is 0.337 e. The van der Waals surface area contributed by atoms with Crippen LogP contribution in [0.3, 0.4) is 0 Å². The van der Waals surface area contributed by atoms with Crippen LogP contribution in [0.4, 0.5) is 0 Å². The van der Waals surface area contributed by atoms with Gasteiger partial charge < -0.3 is 14.4 Å². The first-order chi connectivity index (χ1) is 8.99. The van der Waals surface area contributed by atoms with E-state index in [0.29, 0.717) is 12.1 Å². The quantitative estimate of drug-likeness (QED) is 0.751. The molecule has 0 N–H and O–H groups in total. The molecule has 0 bridgehead atoms. The maximum absolute atomic E-state index is 11.8. The number of carbonyl (C=O) groups is 2. The van der Waals surface area contributed by atoms with Gasteiger partial charge in [-0.2, -0.15) is 0 Å². The number of rotatable bonds is 5. The molecule has 1 aromatic rings. The van der Waals surface area contributed by atoms with Crippen LogP contribution in [0.5, 0.6) is 0 Å². The molecule has 0 amide bonds. The lowest BCUT2D eigenvalue weighted by Gasteiger charge is -2.19. The van der Waals surface area contributed by atoms with Crippen molar-refractivity contribution in [3.63, 3.8) is 0 Å². The normalized spacial score (nSPS) is 12.1. The standard InChI is InChI=1S/C14H19NO4/c1-15(2)9-12(14(17)19-4)10-5-7-11(8-6-10)13(16)18-3/h5-8,12H,9H2,1-4H3. The number of methoxy groups -OCH3 is 2. The number of hydrogen-bond acceptors (Lipinski definition) is 5. The molecule has 0 heterocycles. The summed E-state index contributed by atoms with van der Waals surface area (Å²) in [6, 6.07) is 6.79. The van der Waals surface area contributed by atoms with Gasteiger partial charge in [-0.1, -0.05) is 12.1 Å². The van der Waals surface area contributed by atoms with Gasteiger partial charge in [0.25, 0.3) is 0 Å². The molecular weight excluding hydrogens is 246 g/mol. The van der Waals surface area contributed by atoms with E-state index in [1.165, 1.54) is 14.2 Å². The number of benzene rings is 1. The van der Waals surface area contributed by atoms with Gasteiger partial charge in [-0.25, -0.2) is 4.79 Å². The van der Waals surface area contributed by atoms with Crippen LogP contribution in [0.1, 0.15) is 21.8 Å². The largest absolute Gasteiger partial charge is 0.469 e. The highest BCUT2D eigenvalue weighted by Crippen LogP contribution is 2.19. The molecule has 0 aliphatic carbocycles. The molecule has 19 heavy (non-hydrogen) atoms. The van der Waals surface area contributed by atoms with E-state index in [-0.39, 0.29) is 11.9 Å². The Labute approximate surface area is 113 Å². The van der Waals surface area contributed by atoms with Crippen LogP contribution >= 0.6 is 0 Å². The minimum atomic E-state index is -0.395. The molecule has 0 saturated heterocycles. The van der Waals surface area contributed by atoms with Crippen molar-refractivity contribution >= 4 is 11.9 Å². The monoisotopic (exact) mass is 265 g/mol. The average Bonchev–Trinajstić information content (AvgIpc) is 2.43. The molecule has 5 nitrogen and oxygen atoms in total. The fourth-order valence-electron chi connectivity index (χ4n) is 1.79. The molecule has 0 spiro atoms. The van der Waals surface area contributed by atoms with Crippen molar-refractivity contribution in [3.8, 4) is 0 Å². The Morgan fingerprint density at radius 1 is 1.11 bits per heavy atom. The van der Waals surface area contributed by atoms with E-state index in [1.807, 2.05) is 19.0 Å². The Kier molecular flexibility index (Phi) is 5.51. The summed E-state index contributed by atoms with van der Waals surface area (Å²) < 4.78 is 9.44. The van der Waals surface area contributed by atoms with Crippen LogP contribution in [-0.2, 0) is 14.3 Å². The van der Waals surface area contributed by atoms with Crippen molar-refractivity contribution in [2.24, 2.45) is 0 Å². The molecule has 0 fully saturated rings. The Morgan fingerprint density at radius 3 is 2.11 bits per heavy atom. The lowest BCUT2D eigenvalue weighted by Crippen LogP contribution is -2.27. The molecule has 0 aliphatic rings. The van der Waals surface area contributed by atoms with Crippen molar-refractivity contribution in [3.05, 3.63) is 35.4 Å². The summed E-state index contributed by atoms with van der Waals surface area (Å²) in [4.78, 5) is 25.0. The molecule has 0 aliphatic heterocycles. The summed E-state index contributed by atoms with van der Waals surface area (Å²) in [6.07, 6.45) is 0. The van der Waals surface area contributed by atoms with Gasteiger partial charge in [0.1, 0.15) is 0 Å². The highest BCUT2D eigenvalue weighted by atomic mass is 16.5. The SMILES string of the molecule is COC(=O)c1ccc(C(CN(C)C)C(=O)OC)cc1. The third-order valence-electron chi connectivity index (χ3n) is 2.77. The van der Waals surface area contributed by atoms with Crippen LogP contribution in [0.25, 0.3) is 0 Å². The third-order valence-corrected chi connectivity index (χ3v) is 2.77. The zero-order chi connectivity index (χ0) is 14.4. The molecule has 5 heteroatoms. The van der Waals surface area contributed by atoms with Gasteiger partial charge >= 0.3 is 11.9 Å². The van der Waals surface area contributed by atoms with E-state index in [4.69, 9.17) is 4.74 Å². The van der Waals surface area contributed by atoms with Gasteiger partial charge in [-0.3, -0.25) is 4.79 Å². The summed E-state index contributed by atoms with van der Waals surface area (Å²) in [7, 11) is 6.48. The second-order valence-electron chi connectivity index (χ2n) is 4.45.